The Bertz CT molecular complexity index is 508. The summed E-state index contributed by atoms with van der Waals surface area (Å²) in [7, 11) is 0. The molecule has 0 atom stereocenters. The van der Waals surface area contributed by atoms with Gasteiger partial charge < -0.3 is 5.32 Å². The largest absolute Gasteiger partial charge is 0.370 e. The average molecular weight is 314 g/mol. The van der Waals surface area contributed by atoms with E-state index in [0.717, 1.165) is 24.7 Å². The molecule has 108 valence electrons. The molecule has 2 rings (SSSR count). The van der Waals surface area contributed by atoms with Crippen LogP contribution in [0.2, 0.25) is 5.02 Å². The highest BCUT2D eigenvalue weighted by Crippen LogP contribution is 2.24. The quantitative estimate of drug-likeness (QED) is 0.904. The number of rotatable bonds is 5. The van der Waals surface area contributed by atoms with Crippen molar-refractivity contribution in [1.29, 1.82) is 0 Å². The fraction of sp³-hybridized carbons (Fsp3) is 0.462. The van der Waals surface area contributed by atoms with Crippen LogP contribution in [0.1, 0.15) is 25.5 Å². The minimum atomic E-state index is -0.231. The third-order valence-electron chi connectivity index (χ3n) is 2.85. The molecular weight excluding hydrogens is 298 g/mol. The molecule has 1 aliphatic rings. The van der Waals surface area contributed by atoms with Gasteiger partial charge in [-0.25, -0.2) is 4.98 Å². The van der Waals surface area contributed by atoms with Crippen molar-refractivity contribution in [1.82, 2.24) is 9.88 Å². The minimum Gasteiger partial charge on any atom is -0.370 e. The van der Waals surface area contributed by atoms with Gasteiger partial charge in [-0.2, -0.15) is 0 Å². The van der Waals surface area contributed by atoms with E-state index in [1.165, 1.54) is 4.90 Å². The zero-order chi connectivity index (χ0) is 14.5. The lowest BCUT2D eigenvalue weighted by Gasteiger charge is -2.24. The normalized spacial score (nSPS) is 15.6. The van der Waals surface area contributed by atoms with Crippen molar-refractivity contribution in [2.75, 3.05) is 17.6 Å². The number of pyridine rings is 1. The summed E-state index contributed by atoms with van der Waals surface area (Å²) in [6, 6.07) is 3.52. The first-order chi connectivity index (χ1) is 9.61. The molecule has 0 aromatic carbocycles. The lowest BCUT2D eigenvalue weighted by atomic mass is 10.3. The molecule has 7 heteroatoms. The number of carbonyl (C=O) groups is 2. The Hall–Kier alpha value is -1.27. The molecule has 20 heavy (non-hydrogen) atoms. The number of nitrogens with zero attached hydrogens (tertiary/aromatic N) is 2. The van der Waals surface area contributed by atoms with Crippen LogP contribution in [0.15, 0.2) is 12.1 Å². The van der Waals surface area contributed by atoms with Crippen LogP contribution in [0.25, 0.3) is 0 Å². The number of thioether (sulfide) groups is 1. The first-order valence-corrected chi connectivity index (χ1v) is 7.84. The second-order valence-corrected chi connectivity index (χ2v) is 5.85. The Morgan fingerprint density at radius 2 is 2.25 bits per heavy atom. The number of hydrogen-bond acceptors (Lipinski definition) is 5. The molecule has 1 aromatic heterocycles. The minimum absolute atomic E-state index is 0.130. The molecule has 1 N–H and O–H groups in total. The Kier molecular flexibility index (Phi) is 5.25. The van der Waals surface area contributed by atoms with E-state index in [4.69, 9.17) is 11.6 Å². The summed E-state index contributed by atoms with van der Waals surface area (Å²) in [6.45, 7) is 3.00. The zero-order valence-electron chi connectivity index (χ0n) is 11.2. The molecule has 1 aliphatic heterocycles. The molecule has 0 spiro atoms. The predicted molar refractivity (Wildman–Crippen MR) is 81.0 cm³/mol. The predicted octanol–water partition coefficient (Wildman–Crippen LogP) is 3.14. The zero-order valence-corrected chi connectivity index (χ0v) is 12.8. The summed E-state index contributed by atoms with van der Waals surface area (Å²) >= 11 is 7.25. The van der Waals surface area contributed by atoms with Crippen LogP contribution >= 0.6 is 23.4 Å². The van der Waals surface area contributed by atoms with Crippen LogP contribution < -0.4 is 5.32 Å². The van der Waals surface area contributed by atoms with Crippen LogP contribution in [-0.2, 0) is 11.3 Å². The van der Waals surface area contributed by atoms with E-state index in [2.05, 4.69) is 17.2 Å². The van der Waals surface area contributed by atoms with Crippen molar-refractivity contribution >= 4 is 40.3 Å². The van der Waals surface area contributed by atoms with Gasteiger partial charge in [-0.05, 0) is 18.6 Å². The summed E-state index contributed by atoms with van der Waals surface area (Å²) in [5.41, 5.74) is 0.539. The molecule has 0 bridgehead atoms. The van der Waals surface area contributed by atoms with Gasteiger partial charge in [-0.15, -0.1) is 0 Å². The van der Waals surface area contributed by atoms with E-state index in [0.29, 0.717) is 28.7 Å². The molecule has 1 saturated heterocycles. The molecule has 0 saturated carbocycles. The SMILES string of the molecule is CCCNc1ccc(Cl)c(CN2C(=O)CCSC2=O)n1. The summed E-state index contributed by atoms with van der Waals surface area (Å²) in [5, 5.41) is 3.39. The van der Waals surface area contributed by atoms with Gasteiger partial charge in [-0.3, -0.25) is 14.5 Å². The molecule has 5 nitrogen and oxygen atoms in total. The van der Waals surface area contributed by atoms with Crippen LogP contribution in [0, 0.1) is 0 Å². The van der Waals surface area contributed by atoms with Crippen LogP contribution in [0.4, 0.5) is 10.6 Å². The van der Waals surface area contributed by atoms with Crippen LogP contribution in [0.3, 0.4) is 0 Å². The number of amides is 2. The standard InChI is InChI=1S/C13H16ClN3O2S/c1-2-6-15-11-4-3-9(14)10(16-11)8-17-12(18)5-7-20-13(17)19/h3-4H,2,5-8H2,1H3,(H,15,16). The Morgan fingerprint density at radius 3 is 2.95 bits per heavy atom. The second kappa shape index (κ2) is 6.95. The van der Waals surface area contributed by atoms with Crippen molar-refractivity contribution in [2.24, 2.45) is 0 Å². The highest BCUT2D eigenvalue weighted by atomic mass is 35.5. The fourth-order valence-corrected chi connectivity index (χ4v) is 2.73. The van der Waals surface area contributed by atoms with E-state index in [-0.39, 0.29) is 17.7 Å². The highest BCUT2D eigenvalue weighted by molar-refractivity contribution is 8.13. The number of anilines is 1. The lowest BCUT2D eigenvalue weighted by Crippen LogP contribution is -2.37. The van der Waals surface area contributed by atoms with Gasteiger partial charge in [0.05, 0.1) is 17.3 Å². The Labute approximate surface area is 127 Å². The van der Waals surface area contributed by atoms with Gasteiger partial charge in [0.25, 0.3) is 5.24 Å². The second-order valence-electron chi connectivity index (χ2n) is 4.40. The summed E-state index contributed by atoms with van der Waals surface area (Å²) < 4.78 is 0. The molecule has 1 aromatic rings. The van der Waals surface area contributed by atoms with Crippen molar-refractivity contribution in [2.45, 2.75) is 26.3 Å². The van der Waals surface area contributed by atoms with Crippen LogP contribution in [-0.4, -0.2) is 33.3 Å². The van der Waals surface area contributed by atoms with Gasteiger partial charge in [-0.1, -0.05) is 30.3 Å². The topological polar surface area (TPSA) is 62.3 Å². The van der Waals surface area contributed by atoms with Crippen LogP contribution in [0.5, 0.6) is 0 Å². The number of halogens is 1. The smallest absolute Gasteiger partial charge is 0.288 e. The molecule has 0 radical (unpaired) electrons. The van der Waals surface area contributed by atoms with Crippen molar-refractivity contribution in [3.05, 3.63) is 22.8 Å². The monoisotopic (exact) mass is 313 g/mol. The van der Waals surface area contributed by atoms with E-state index in [1.54, 1.807) is 12.1 Å². The lowest BCUT2D eigenvalue weighted by molar-refractivity contribution is -0.128. The average Bonchev–Trinajstić information content (AvgIpc) is 2.43. The third kappa shape index (κ3) is 3.64. The van der Waals surface area contributed by atoms with E-state index >= 15 is 0 Å². The van der Waals surface area contributed by atoms with Gasteiger partial charge >= 0.3 is 0 Å². The number of nitrogens with one attached hydrogen (secondary N) is 1. The van der Waals surface area contributed by atoms with E-state index < -0.39 is 0 Å². The van der Waals surface area contributed by atoms with E-state index in [9.17, 15) is 9.59 Å². The van der Waals surface area contributed by atoms with Crippen molar-refractivity contribution in [3.63, 3.8) is 0 Å². The van der Waals surface area contributed by atoms with Gasteiger partial charge in [0.1, 0.15) is 5.82 Å². The van der Waals surface area contributed by atoms with Crippen molar-refractivity contribution in [3.8, 4) is 0 Å². The van der Waals surface area contributed by atoms with Crippen molar-refractivity contribution < 1.29 is 9.59 Å². The molecule has 1 fully saturated rings. The summed E-state index contributed by atoms with van der Waals surface area (Å²) in [5.74, 6) is 1.09. The van der Waals surface area contributed by atoms with Gasteiger partial charge in [0.15, 0.2) is 0 Å². The number of aromatic nitrogens is 1. The molecule has 2 heterocycles. The fourth-order valence-electron chi connectivity index (χ4n) is 1.79. The maximum absolute atomic E-state index is 11.8. The van der Waals surface area contributed by atoms with Gasteiger partial charge in [0, 0.05) is 18.7 Å². The number of carbonyl (C=O) groups excluding carboxylic acids is 2. The van der Waals surface area contributed by atoms with Gasteiger partial charge in [0.2, 0.25) is 5.91 Å². The Morgan fingerprint density at radius 1 is 1.45 bits per heavy atom. The maximum atomic E-state index is 11.8. The highest BCUT2D eigenvalue weighted by Gasteiger charge is 2.27. The molecule has 0 unspecified atom stereocenters. The first kappa shape index (κ1) is 15.1. The first-order valence-electron chi connectivity index (χ1n) is 6.48. The third-order valence-corrected chi connectivity index (χ3v) is 4.07. The summed E-state index contributed by atoms with van der Waals surface area (Å²) in [6.07, 6.45) is 1.36. The number of imide groups is 1. The molecular formula is C13H16ClN3O2S. The summed E-state index contributed by atoms with van der Waals surface area (Å²) in [4.78, 5) is 29.1. The molecule has 2 amide bonds. The number of hydrogen-bond donors (Lipinski definition) is 1. The Balaban J connectivity index is 2.14. The maximum Gasteiger partial charge on any atom is 0.288 e. The molecule has 0 aliphatic carbocycles. The van der Waals surface area contributed by atoms with E-state index in [1.807, 2.05) is 0 Å².